The number of ether oxygens (including phenoxy) is 3. The van der Waals surface area contributed by atoms with Gasteiger partial charge in [-0.1, -0.05) is 0 Å². The van der Waals surface area contributed by atoms with Gasteiger partial charge in [0.15, 0.2) is 0 Å². The summed E-state index contributed by atoms with van der Waals surface area (Å²) in [5.74, 6) is 0. The lowest BCUT2D eigenvalue weighted by Gasteiger charge is -2.15. The summed E-state index contributed by atoms with van der Waals surface area (Å²) in [7, 11) is -7.41. The van der Waals surface area contributed by atoms with Crippen molar-refractivity contribution in [3.63, 3.8) is 0 Å². The van der Waals surface area contributed by atoms with Gasteiger partial charge in [-0.05, 0) is 12.8 Å². The lowest BCUT2D eigenvalue weighted by Crippen LogP contribution is -2.32. The highest BCUT2D eigenvalue weighted by atomic mass is 31.2. The molecule has 0 aromatic rings. The first-order valence-electron chi connectivity index (χ1n) is 6.34. The normalized spacial score (nSPS) is 21.6. The predicted molar refractivity (Wildman–Crippen MR) is 78.8 cm³/mol. The fourth-order valence-corrected chi connectivity index (χ4v) is 2.41. The zero-order chi connectivity index (χ0) is 17.7. The van der Waals surface area contributed by atoms with Crippen molar-refractivity contribution >= 4 is 27.4 Å². The molecule has 1 aliphatic heterocycles. The largest absolute Gasteiger partial charge is 0.447 e. The zero-order valence-electron chi connectivity index (χ0n) is 12.0. The van der Waals surface area contributed by atoms with Crippen LogP contribution in [0, 0.1) is 0 Å². The molecule has 0 aromatic heterocycles. The molecule has 10 N–H and O–H groups in total. The van der Waals surface area contributed by atoms with Gasteiger partial charge in [-0.15, -0.1) is 0 Å². The number of rotatable bonds is 6. The number of carbonyl (C=O) groups excluding carboxylic acids is 2. The molecule has 1 rings (SSSR count). The van der Waals surface area contributed by atoms with E-state index in [4.69, 9.17) is 36.2 Å². The Hall–Kier alpha value is -1.20. The summed E-state index contributed by atoms with van der Waals surface area (Å²) in [6.45, 7) is -0.231. The van der Waals surface area contributed by atoms with Gasteiger partial charge in [0.05, 0.1) is 12.2 Å². The van der Waals surface area contributed by atoms with Gasteiger partial charge in [-0.25, -0.2) is 19.8 Å². The quantitative estimate of drug-likeness (QED) is 0.310. The molecular weight excluding hydrogens is 354 g/mol. The van der Waals surface area contributed by atoms with Crippen molar-refractivity contribution in [2.45, 2.75) is 25.0 Å². The van der Waals surface area contributed by atoms with Crippen LogP contribution in [-0.2, 0) is 23.3 Å². The van der Waals surface area contributed by atoms with E-state index in [-0.39, 0.29) is 13.2 Å². The van der Waals surface area contributed by atoms with Gasteiger partial charge >= 0.3 is 27.4 Å². The maximum absolute atomic E-state index is 11.2. The highest BCUT2D eigenvalue weighted by Crippen LogP contribution is 2.22. The highest BCUT2D eigenvalue weighted by Gasteiger charge is 2.28. The first-order chi connectivity index (χ1) is 10.4. The summed E-state index contributed by atoms with van der Waals surface area (Å²) in [5, 5.41) is 3.57. The molecule has 0 spiro atoms. The van der Waals surface area contributed by atoms with E-state index >= 15 is 0 Å². The van der Waals surface area contributed by atoms with Gasteiger partial charge in [0, 0.05) is 0 Å². The molecule has 1 fully saturated rings. The van der Waals surface area contributed by atoms with Gasteiger partial charge in [-0.3, -0.25) is 31.1 Å². The molecule has 23 heavy (non-hydrogen) atoms. The van der Waals surface area contributed by atoms with E-state index in [0.29, 0.717) is 12.8 Å². The molecule has 134 valence electrons. The summed E-state index contributed by atoms with van der Waals surface area (Å²) < 4.78 is 36.8. The van der Waals surface area contributed by atoms with E-state index in [0.717, 1.165) is 0 Å². The summed E-state index contributed by atoms with van der Waals surface area (Å²) >= 11 is 0. The second kappa shape index (κ2) is 8.06. The third-order valence-corrected chi connectivity index (χ3v) is 3.59. The molecule has 1 aliphatic rings. The van der Waals surface area contributed by atoms with Crippen molar-refractivity contribution in [1.82, 2.24) is 10.2 Å². The monoisotopic (exact) mass is 374 g/mol. The number of amides is 2. The average molecular weight is 374 g/mol. The Balaban J connectivity index is 2.23. The summed E-state index contributed by atoms with van der Waals surface area (Å²) in [6.07, 6.45) is -1.83. The number of hydrogen-bond donors (Lipinski definition) is 6. The molecule has 0 aromatic carbocycles. The molecule has 0 radical (unpaired) electrons. The van der Waals surface area contributed by atoms with E-state index < -0.39 is 39.6 Å². The molecule has 0 bridgehead atoms. The maximum Gasteiger partial charge on any atom is 0.414 e. The van der Waals surface area contributed by atoms with E-state index in [9.17, 15) is 18.7 Å². The second-order valence-corrected chi connectivity index (χ2v) is 8.08. The lowest BCUT2D eigenvalue weighted by atomic mass is 10.2. The zero-order valence-corrected chi connectivity index (χ0v) is 13.8. The van der Waals surface area contributed by atoms with Crippen molar-refractivity contribution < 1.29 is 32.9 Å². The van der Waals surface area contributed by atoms with Crippen LogP contribution in [0.15, 0.2) is 0 Å². The standard InChI is InChI=1S/C8H20N6O7P2/c9-22(10,17)13-7(15)19-3-5-1-2-6(21-5)4-20-8(16)14-23(11,12)18/h5-6H,1-4H2,(H5,9,10,13,15,17)(H5,11,12,14,16,18)/t5-,6-/m0/s1. The van der Waals surface area contributed by atoms with Crippen LogP contribution in [0.3, 0.4) is 0 Å². The molecule has 1 saturated heterocycles. The fourth-order valence-electron chi connectivity index (χ4n) is 1.71. The molecule has 0 saturated carbocycles. The second-order valence-electron chi connectivity index (χ2n) is 4.80. The van der Waals surface area contributed by atoms with Crippen molar-refractivity contribution in [1.29, 1.82) is 0 Å². The lowest BCUT2D eigenvalue weighted by molar-refractivity contribution is -0.0186. The minimum absolute atomic E-state index is 0.116. The van der Waals surface area contributed by atoms with Crippen LogP contribution in [0.1, 0.15) is 12.8 Å². The average Bonchev–Trinajstić information content (AvgIpc) is 2.77. The predicted octanol–water partition coefficient (Wildman–Crippen LogP) is -0.963. The van der Waals surface area contributed by atoms with Gasteiger partial charge in [0.1, 0.15) is 13.2 Å². The number of nitrogens with one attached hydrogen (secondary N) is 2. The Morgan fingerprint density at radius 2 is 1.26 bits per heavy atom. The van der Waals surface area contributed by atoms with Crippen LogP contribution in [0.25, 0.3) is 0 Å². The van der Waals surface area contributed by atoms with E-state index in [1.807, 2.05) is 0 Å². The van der Waals surface area contributed by atoms with Crippen LogP contribution < -0.4 is 32.2 Å². The Morgan fingerprint density at radius 3 is 1.57 bits per heavy atom. The molecule has 2 amide bonds. The molecule has 0 unspecified atom stereocenters. The number of hydrogen-bond acceptors (Lipinski definition) is 7. The van der Waals surface area contributed by atoms with Crippen LogP contribution in [0.2, 0.25) is 0 Å². The highest BCUT2D eigenvalue weighted by molar-refractivity contribution is 7.57. The number of nitrogens with two attached hydrogens (primary N) is 4. The molecule has 2 atom stereocenters. The molecule has 1 heterocycles. The van der Waals surface area contributed by atoms with E-state index in [1.54, 1.807) is 10.2 Å². The SMILES string of the molecule is NP(N)(=O)NC(=O)OC[C@@H]1CC[C@@H](COC(=O)NP(N)(N)=O)O1. The minimum Gasteiger partial charge on any atom is -0.447 e. The smallest absolute Gasteiger partial charge is 0.414 e. The topological polar surface area (TPSA) is 224 Å². The summed E-state index contributed by atoms with van der Waals surface area (Å²) in [5.41, 5.74) is 19.8. The Bertz CT molecular complexity index is 487. The fraction of sp³-hybridized carbons (Fsp3) is 0.750. The third kappa shape index (κ3) is 9.51. The van der Waals surface area contributed by atoms with Crippen molar-refractivity contribution in [2.24, 2.45) is 22.0 Å². The summed E-state index contributed by atoms with van der Waals surface area (Å²) in [6, 6.07) is 0. The van der Waals surface area contributed by atoms with Crippen molar-refractivity contribution in [3.8, 4) is 0 Å². The van der Waals surface area contributed by atoms with E-state index in [1.165, 1.54) is 0 Å². The Kier molecular flexibility index (Phi) is 6.96. The van der Waals surface area contributed by atoms with Crippen LogP contribution in [0.4, 0.5) is 9.59 Å². The van der Waals surface area contributed by atoms with Crippen molar-refractivity contribution in [2.75, 3.05) is 13.2 Å². The molecule has 15 heteroatoms. The van der Waals surface area contributed by atoms with Gasteiger partial charge in [0.25, 0.3) is 0 Å². The van der Waals surface area contributed by atoms with Crippen molar-refractivity contribution in [3.05, 3.63) is 0 Å². The van der Waals surface area contributed by atoms with Crippen LogP contribution in [-0.4, -0.2) is 37.6 Å². The first-order valence-corrected chi connectivity index (χ1v) is 10.0. The first kappa shape index (κ1) is 19.8. The third-order valence-electron chi connectivity index (χ3n) is 2.53. The Morgan fingerprint density at radius 1 is 0.913 bits per heavy atom. The Labute approximate surface area is 131 Å². The molecular formula is C8H20N6O7P2. The van der Waals surface area contributed by atoms with Crippen LogP contribution in [0.5, 0.6) is 0 Å². The number of carbonyl (C=O) groups is 2. The summed E-state index contributed by atoms with van der Waals surface area (Å²) in [4.78, 5) is 22.4. The van der Waals surface area contributed by atoms with Gasteiger partial charge in [-0.2, -0.15) is 0 Å². The maximum atomic E-state index is 11.2. The van der Waals surface area contributed by atoms with Gasteiger partial charge < -0.3 is 14.2 Å². The molecule has 13 nitrogen and oxygen atoms in total. The van der Waals surface area contributed by atoms with Gasteiger partial charge in [0.2, 0.25) is 0 Å². The minimum atomic E-state index is -3.71. The molecule has 0 aliphatic carbocycles. The van der Waals surface area contributed by atoms with E-state index in [2.05, 4.69) is 0 Å². The van der Waals surface area contributed by atoms with Crippen LogP contribution >= 0.6 is 15.2 Å².